The number of hydrogen-bond donors (Lipinski definition) is 2. The molecule has 0 aliphatic heterocycles. The maximum Gasteiger partial charge on any atom is 0.274 e. The van der Waals surface area contributed by atoms with Gasteiger partial charge in [-0.1, -0.05) is 0 Å². The van der Waals surface area contributed by atoms with Crippen molar-refractivity contribution >= 4 is 5.69 Å². The summed E-state index contributed by atoms with van der Waals surface area (Å²) in [5.74, 6) is 1.06. The maximum absolute atomic E-state index is 10.7. The van der Waals surface area contributed by atoms with E-state index in [1.54, 1.807) is 43.9 Å². The molecule has 0 spiro atoms. The molecule has 0 saturated carbocycles. The zero-order valence-electron chi connectivity index (χ0n) is 12.8. The van der Waals surface area contributed by atoms with E-state index in [2.05, 4.69) is 15.6 Å². The Hall–Kier alpha value is -3.03. The van der Waals surface area contributed by atoms with Crippen LogP contribution in [-0.4, -0.2) is 28.1 Å². The van der Waals surface area contributed by atoms with E-state index < -0.39 is 4.92 Å². The fourth-order valence-corrected chi connectivity index (χ4v) is 1.96. The quantitative estimate of drug-likeness (QED) is 0.418. The number of nitrogens with one attached hydrogen (secondary N) is 2. The van der Waals surface area contributed by atoms with Gasteiger partial charge >= 0.3 is 0 Å². The van der Waals surface area contributed by atoms with Gasteiger partial charge in [-0.2, -0.15) is 0 Å². The SMILES string of the molecule is COc1ccc(N/C(=C/[N+](=O)[O-])NCCCn2ccnc2)cc1. The van der Waals surface area contributed by atoms with Crippen LogP contribution in [0.2, 0.25) is 0 Å². The highest BCUT2D eigenvalue weighted by molar-refractivity contribution is 5.49. The van der Waals surface area contributed by atoms with Gasteiger partial charge in [0.05, 0.1) is 18.4 Å². The van der Waals surface area contributed by atoms with Crippen LogP contribution in [0, 0.1) is 10.1 Å². The summed E-state index contributed by atoms with van der Waals surface area (Å²) in [6.07, 6.45) is 7.07. The average Bonchev–Trinajstić information content (AvgIpc) is 3.05. The first-order valence-corrected chi connectivity index (χ1v) is 7.13. The lowest BCUT2D eigenvalue weighted by Crippen LogP contribution is -2.22. The third-order valence-electron chi connectivity index (χ3n) is 3.07. The highest BCUT2D eigenvalue weighted by atomic mass is 16.6. The first kappa shape index (κ1) is 16.3. The van der Waals surface area contributed by atoms with E-state index in [-0.39, 0.29) is 0 Å². The number of benzene rings is 1. The molecule has 0 fully saturated rings. The summed E-state index contributed by atoms with van der Waals surface area (Å²) in [7, 11) is 1.59. The van der Waals surface area contributed by atoms with E-state index in [1.807, 2.05) is 10.8 Å². The summed E-state index contributed by atoms with van der Waals surface area (Å²) in [5.41, 5.74) is 0.737. The standard InChI is InChI=1S/C15H19N5O3/c1-23-14-5-3-13(4-6-14)18-15(11-20(21)22)17-7-2-9-19-10-8-16-12-19/h3-6,8,10-12,17-18H,2,7,9H2,1H3/b15-11+. The van der Waals surface area contributed by atoms with Crippen molar-refractivity contribution in [3.05, 3.63) is 65.1 Å². The van der Waals surface area contributed by atoms with Crippen molar-refractivity contribution in [1.29, 1.82) is 0 Å². The number of aromatic nitrogens is 2. The summed E-state index contributed by atoms with van der Waals surface area (Å²) >= 11 is 0. The van der Waals surface area contributed by atoms with Crippen LogP contribution in [-0.2, 0) is 6.54 Å². The second-order valence-electron chi connectivity index (χ2n) is 4.76. The van der Waals surface area contributed by atoms with E-state index in [9.17, 15) is 10.1 Å². The van der Waals surface area contributed by atoms with Crippen molar-refractivity contribution in [2.45, 2.75) is 13.0 Å². The molecule has 1 aromatic carbocycles. The van der Waals surface area contributed by atoms with Gasteiger partial charge in [-0.15, -0.1) is 0 Å². The topological polar surface area (TPSA) is 94.2 Å². The monoisotopic (exact) mass is 317 g/mol. The Labute approximate surface area is 133 Å². The van der Waals surface area contributed by atoms with Crippen LogP contribution < -0.4 is 15.4 Å². The lowest BCUT2D eigenvalue weighted by molar-refractivity contribution is -0.403. The van der Waals surface area contributed by atoms with Crippen LogP contribution in [0.5, 0.6) is 5.75 Å². The molecule has 8 heteroatoms. The highest BCUT2D eigenvalue weighted by Crippen LogP contribution is 2.16. The van der Waals surface area contributed by atoms with Crippen LogP contribution in [0.15, 0.2) is 55.0 Å². The Bertz CT molecular complexity index is 638. The lowest BCUT2D eigenvalue weighted by atomic mass is 10.3. The van der Waals surface area contributed by atoms with E-state index in [0.29, 0.717) is 12.4 Å². The number of aryl methyl sites for hydroxylation is 1. The van der Waals surface area contributed by atoms with Crippen LogP contribution in [0.25, 0.3) is 0 Å². The summed E-state index contributed by atoms with van der Waals surface area (Å²) in [5, 5.41) is 16.8. The minimum absolute atomic E-state index is 0.339. The van der Waals surface area contributed by atoms with Gasteiger partial charge in [-0.25, -0.2) is 4.98 Å². The predicted molar refractivity (Wildman–Crippen MR) is 86.5 cm³/mol. The summed E-state index contributed by atoms with van der Waals surface area (Å²) in [4.78, 5) is 14.2. The molecule has 23 heavy (non-hydrogen) atoms. The first-order valence-electron chi connectivity index (χ1n) is 7.13. The molecule has 0 amide bonds. The molecule has 0 unspecified atom stereocenters. The minimum atomic E-state index is -0.491. The van der Waals surface area contributed by atoms with Crippen molar-refractivity contribution in [3.8, 4) is 5.75 Å². The normalized spacial score (nSPS) is 11.1. The highest BCUT2D eigenvalue weighted by Gasteiger charge is 2.04. The summed E-state index contributed by atoms with van der Waals surface area (Å²) in [6, 6.07) is 7.15. The number of methoxy groups -OCH3 is 1. The van der Waals surface area contributed by atoms with Crippen LogP contribution in [0.1, 0.15) is 6.42 Å². The molecule has 0 radical (unpaired) electrons. The average molecular weight is 317 g/mol. The van der Waals surface area contributed by atoms with E-state index >= 15 is 0 Å². The molecule has 1 aromatic heterocycles. The zero-order chi connectivity index (χ0) is 16.5. The molecule has 1 heterocycles. The van der Waals surface area contributed by atoms with Gasteiger partial charge in [0.15, 0.2) is 5.82 Å². The third-order valence-corrected chi connectivity index (χ3v) is 3.07. The second-order valence-corrected chi connectivity index (χ2v) is 4.76. The molecule has 0 aliphatic carbocycles. The van der Waals surface area contributed by atoms with Crippen molar-refractivity contribution in [2.75, 3.05) is 19.0 Å². The Morgan fingerprint density at radius 1 is 1.43 bits per heavy atom. The Balaban J connectivity index is 1.87. The lowest BCUT2D eigenvalue weighted by Gasteiger charge is -2.12. The first-order chi connectivity index (χ1) is 11.2. The molecule has 2 aromatic rings. The van der Waals surface area contributed by atoms with Gasteiger partial charge in [0.1, 0.15) is 5.75 Å². The number of hydrogen-bond acceptors (Lipinski definition) is 6. The number of anilines is 1. The van der Waals surface area contributed by atoms with Crippen LogP contribution >= 0.6 is 0 Å². The maximum atomic E-state index is 10.7. The minimum Gasteiger partial charge on any atom is -0.497 e. The van der Waals surface area contributed by atoms with E-state index in [0.717, 1.165) is 30.6 Å². The van der Waals surface area contributed by atoms with Gasteiger partial charge < -0.3 is 19.9 Å². The smallest absolute Gasteiger partial charge is 0.274 e. The molecule has 2 N–H and O–H groups in total. The molecule has 8 nitrogen and oxygen atoms in total. The molecule has 122 valence electrons. The van der Waals surface area contributed by atoms with Crippen molar-refractivity contribution in [2.24, 2.45) is 0 Å². The largest absolute Gasteiger partial charge is 0.497 e. The second kappa shape index (κ2) is 8.42. The van der Waals surface area contributed by atoms with Crippen molar-refractivity contribution in [1.82, 2.24) is 14.9 Å². The Morgan fingerprint density at radius 2 is 2.22 bits per heavy atom. The van der Waals surface area contributed by atoms with E-state index in [1.165, 1.54) is 0 Å². The fourth-order valence-electron chi connectivity index (χ4n) is 1.96. The van der Waals surface area contributed by atoms with Gasteiger partial charge in [-0.3, -0.25) is 10.1 Å². The molecule has 2 rings (SSSR count). The van der Waals surface area contributed by atoms with Crippen LogP contribution in [0.4, 0.5) is 5.69 Å². The van der Waals surface area contributed by atoms with Gasteiger partial charge in [0.25, 0.3) is 6.20 Å². The van der Waals surface area contributed by atoms with Gasteiger partial charge in [0.2, 0.25) is 0 Å². The molecule has 0 saturated heterocycles. The molecular weight excluding hydrogens is 298 g/mol. The molecule has 0 bridgehead atoms. The Kier molecular flexibility index (Phi) is 5.98. The molecular formula is C15H19N5O3. The zero-order valence-corrected chi connectivity index (χ0v) is 12.8. The summed E-state index contributed by atoms with van der Waals surface area (Å²) in [6.45, 7) is 1.39. The van der Waals surface area contributed by atoms with Crippen LogP contribution in [0.3, 0.4) is 0 Å². The van der Waals surface area contributed by atoms with Crippen molar-refractivity contribution in [3.63, 3.8) is 0 Å². The summed E-state index contributed by atoms with van der Waals surface area (Å²) < 4.78 is 7.03. The molecule has 0 aliphatic rings. The predicted octanol–water partition coefficient (Wildman–Crippen LogP) is 2.06. The number of ether oxygens (including phenoxy) is 1. The van der Waals surface area contributed by atoms with Gasteiger partial charge in [-0.05, 0) is 30.7 Å². The Morgan fingerprint density at radius 3 is 2.83 bits per heavy atom. The molecule has 0 atom stereocenters. The fraction of sp³-hybridized carbons (Fsp3) is 0.267. The number of nitro groups is 1. The van der Waals surface area contributed by atoms with Gasteiger partial charge in [0, 0.05) is 31.2 Å². The number of nitrogens with zero attached hydrogens (tertiary/aromatic N) is 3. The van der Waals surface area contributed by atoms with E-state index in [4.69, 9.17) is 4.74 Å². The number of rotatable bonds is 9. The number of imidazole rings is 1. The third kappa shape index (κ3) is 5.70. The van der Waals surface area contributed by atoms with Crippen molar-refractivity contribution < 1.29 is 9.66 Å².